The molecule has 0 bridgehead atoms. The predicted octanol–water partition coefficient (Wildman–Crippen LogP) is 1.16. The Hall–Kier alpha value is -1.39. The highest BCUT2D eigenvalue weighted by Crippen LogP contribution is 2.11. The van der Waals surface area contributed by atoms with Crippen LogP contribution >= 0.6 is 0 Å². The first-order chi connectivity index (χ1) is 9.16. The van der Waals surface area contributed by atoms with E-state index in [2.05, 4.69) is 22.5 Å². The summed E-state index contributed by atoms with van der Waals surface area (Å²) >= 11 is 0. The monoisotopic (exact) mass is 261 g/mol. The largest absolute Gasteiger partial charge is 0.348 e. The Morgan fingerprint density at radius 1 is 1.47 bits per heavy atom. The Labute approximate surface area is 115 Å². The maximum Gasteiger partial charge on any atom is 0.234 e. The van der Waals surface area contributed by atoms with Gasteiger partial charge in [-0.2, -0.15) is 0 Å². The molecule has 2 atom stereocenters. The summed E-state index contributed by atoms with van der Waals surface area (Å²) in [5.41, 5.74) is 1.14. The molecule has 0 aliphatic carbocycles. The Morgan fingerprint density at radius 3 is 2.89 bits per heavy atom. The number of carbonyl (C=O) groups is 1. The summed E-state index contributed by atoms with van der Waals surface area (Å²) in [6, 6.07) is 10.5. The average molecular weight is 261 g/mol. The second-order valence-electron chi connectivity index (χ2n) is 5.22. The minimum Gasteiger partial charge on any atom is -0.348 e. The van der Waals surface area contributed by atoms with Crippen LogP contribution in [0.1, 0.15) is 25.5 Å². The Kier molecular flexibility index (Phi) is 4.93. The van der Waals surface area contributed by atoms with Crippen molar-refractivity contribution in [2.45, 2.75) is 25.9 Å². The standard InChI is InChI=1S/C15H23N3O/c1-12-10-16-8-9-18(12)11-15(19)17-13(2)14-6-4-3-5-7-14/h3-7,12-13,16H,8-11H2,1-2H3,(H,17,19). The molecular weight excluding hydrogens is 238 g/mol. The zero-order valence-corrected chi connectivity index (χ0v) is 11.7. The molecule has 1 aromatic carbocycles. The van der Waals surface area contributed by atoms with Crippen LogP contribution in [0.4, 0.5) is 0 Å². The van der Waals surface area contributed by atoms with Gasteiger partial charge in [0, 0.05) is 25.7 Å². The summed E-state index contributed by atoms with van der Waals surface area (Å²) in [5.74, 6) is 0.102. The first-order valence-electron chi connectivity index (χ1n) is 6.96. The molecule has 1 heterocycles. The molecule has 0 radical (unpaired) electrons. The molecule has 4 nitrogen and oxygen atoms in total. The highest BCUT2D eigenvalue weighted by atomic mass is 16.2. The van der Waals surface area contributed by atoms with Gasteiger partial charge in [0.05, 0.1) is 12.6 Å². The fourth-order valence-electron chi connectivity index (χ4n) is 2.41. The maximum atomic E-state index is 12.1. The summed E-state index contributed by atoms with van der Waals surface area (Å²) in [6.07, 6.45) is 0. The number of carbonyl (C=O) groups excluding carboxylic acids is 1. The van der Waals surface area contributed by atoms with Gasteiger partial charge in [0.1, 0.15) is 0 Å². The van der Waals surface area contributed by atoms with Gasteiger partial charge in [-0.3, -0.25) is 9.69 Å². The van der Waals surface area contributed by atoms with E-state index < -0.39 is 0 Å². The highest BCUT2D eigenvalue weighted by Gasteiger charge is 2.20. The molecule has 104 valence electrons. The molecule has 0 spiro atoms. The summed E-state index contributed by atoms with van der Waals surface area (Å²) in [7, 11) is 0. The number of hydrogen-bond acceptors (Lipinski definition) is 3. The van der Waals surface area contributed by atoms with Crippen molar-refractivity contribution in [3.05, 3.63) is 35.9 Å². The van der Waals surface area contributed by atoms with Gasteiger partial charge in [-0.15, -0.1) is 0 Å². The van der Waals surface area contributed by atoms with Crippen LogP contribution < -0.4 is 10.6 Å². The van der Waals surface area contributed by atoms with E-state index >= 15 is 0 Å². The number of rotatable bonds is 4. The van der Waals surface area contributed by atoms with E-state index in [4.69, 9.17) is 0 Å². The normalized spacial score (nSPS) is 21.9. The van der Waals surface area contributed by atoms with Crippen molar-refractivity contribution in [1.82, 2.24) is 15.5 Å². The van der Waals surface area contributed by atoms with E-state index in [1.54, 1.807) is 0 Å². The Bertz CT molecular complexity index is 407. The lowest BCUT2D eigenvalue weighted by Gasteiger charge is -2.33. The van der Waals surface area contributed by atoms with E-state index in [-0.39, 0.29) is 11.9 Å². The second kappa shape index (κ2) is 6.68. The van der Waals surface area contributed by atoms with Crippen LogP contribution in [0.2, 0.25) is 0 Å². The molecule has 1 amide bonds. The lowest BCUT2D eigenvalue weighted by molar-refractivity contribution is -0.123. The second-order valence-corrected chi connectivity index (χ2v) is 5.22. The molecule has 0 aromatic heterocycles. The molecule has 4 heteroatoms. The summed E-state index contributed by atoms with van der Waals surface area (Å²) < 4.78 is 0. The third-order valence-corrected chi connectivity index (χ3v) is 3.66. The van der Waals surface area contributed by atoms with E-state index in [1.165, 1.54) is 0 Å². The lowest BCUT2D eigenvalue weighted by atomic mass is 10.1. The Balaban J connectivity index is 1.84. The highest BCUT2D eigenvalue weighted by molar-refractivity contribution is 5.78. The SMILES string of the molecule is CC(NC(=O)CN1CCNCC1C)c1ccccc1. The van der Waals surface area contributed by atoms with E-state index in [0.717, 1.165) is 25.2 Å². The molecule has 2 unspecified atom stereocenters. The Morgan fingerprint density at radius 2 is 2.21 bits per heavy atom. The van der Waals surface area contributed by atoms with Crippen LogP contribution in [0.15, 0.2) is 30.3 Å². The fourth-order valence-corrected chi connectivity index (χ4v) is 2.41. The van der Waals surface area contributed by atoms with Gasteiger partial charge in [-0.05, 0) is 19.4 Å². The molecule has 1 fully saturated rings. The molecule has 2 rings (SSSR count). The van der Waals surface area contributed by atoms with Gasteiger partial charge in [-0.25, -0.2) is 0 Å². The molecular formula is C15H23N3O. The lowest BCUT2D eigenvalue weighted by Crippen LogP contribution is -2.52. The zero-order valence-electron chi connectivity index (χ0n) is 11.7. The van der Waals surface area contributed by atoms with Crippen molar-refractivity contribution in [2.75, 3.05) is 26.2 Å². The van der Waals surface area contributed by atoms with Crippen LogP contribution in [-0.2, 0) is 4.79 Å². The van der Waals surface area contributed by atoms with E-state index in [0.29, 0.717) is 12.6 Å². The van der Waals surface area contributed by atoms with Crippen molar-refractivity contribution in [3.8, 4) is 0 Å². The quantitative estimate of drug-likeness (QED) is 0.855. The minimum atomic E-state index is 0.0620. The number of benzene rings is 1. The fraction of sp³-hybridized carbons (Fsp3) is 0.533. The summed E-state index contributed by atoms with van der Waals surface area (Å²) in [6.45, 7) is 7.52. The molecule has 1 saturated heterocycles. The van der Waals surface area contributed by atoms with Gasteiger partial charge in [0.2, 0.25) is 5.91 Å². The van der Waals surface area contributed by atoms with Gasteiger partial charge in [0.25, 0.3) is 0 Å². The predicted molar refractivity (Wildman–Crippen MR) is 76.9 cm³/mol. The third kappa shape index (κ3) is 4.04. The van der Waals surface area contributed by atoms with Gasteiger partial charge < -0.3 is 10.6 Å². The van der Waals surface area contributed by atoms with Crippen LogP contribution in [0.3, 0.4) is 0 Å². The van der Waals surface area contributed by atoms with E-state index in [9.17, 15) is 4.79 Å². The molecule has 1 aromatic rings. The summed E-state index contributed by atoms with van der Waals surface area (Å²) in [5, 5.41) is 6.39. The average Bonchev–Trinajstić information content (AvgIpc) is 2.42. The molecule has 2 N–H and O–H groups in total. The maximum absolute atomic E-state index is 12.1. The van der Waals surface area contributed by atoms with Crippen molar-refractivity contribution < 1.29 is 4.79 Å². The van der Waals surface area contributed by atoms with Gasteiger partial charge >= 0.3 is 0 Å². The number of nitrogens with one attached hydrogen (secondary N) is 2. The van der Waals surface area contributed by atoms with Crippen molar-refractivity contribution >= 4 is 5.91 Å². The number of nitrogens with zero attached hydrogens (tertiary/aromatic N) is 1. The zero-order chi connectivity index (χ0) is 13.7. The molecule has 19 heavy (non-hydrogen) atoms. The van der Waals surface area contributed by atoms with E-state index in [1.807, 2.05) is 37.3 Å². The van der Waals surface area contributed by atoms with Crippen LogP contribution in [0, 0.1) is 0 Å². The van der Waals surface area contributed by atoms with Crippen molar-refractivity contribution in [3.63, 3.8) is 0 Å². The number of hydrogen-bond donors (Lipinski definition) is 2. The molecule has 0 saturated carbocycles. The van der Waals surface area contributed by atoms with Gasteiger partial charge in [-0.1, -0.05) is 30.3 Å². The third-order valence-electron chi connectivity index (χ3n) is 3.66. The minimum absolute atomic E-state index is 0.0620. The first kappa shape index (κ1) is 14.0. The molecule has 1 aliphatic heterocycles. The number of piperazine rings is 1. The summed E-state index contributed by atoms with van der Waals surface area (Å²) in [4.78, 5) is 14.3. The number of amides is 1. The van der Waals surface area contributed by atoms with Crippen LogP contribution in [0.25, 0.3) is 0 Å². The molecule has 1 aliphatic rings. The van der Waals surface area contributed by atoms with Crippen LogP contribution in [0.5, 0.6) is 0 Å². The van der Waals surface area contributed by atoms with Crippen molar-refractivity contribution in [1.29, 1.82) is 0 Å². The van der Waals surface area contributed by atoms with Crippen LogP contribution in [-0.4, -0.2) is 43.0 Å². The van der Waals surface area contributed by atoms with Gasteiger partial charge in [0.15, 0.2) is 0 Å². The topological polar surface area (TPSA) is 44.4 Å². The van der Waals surface area contributed by atoms with Crippen molar-refractivity contribution in [2.24, 2.45) is 0 Å². The first-order valence-corrected chi connectivity index (χ1v) is 6.96. The smallest absolute Gasteiger partial charge is 0.234 e.